The topological polar surface area (TPSA) is 38.1 Å². The molecule has 0 aliphatic rings. The average Bonchev–Trinajstić information content (AvgIpc) is 2.57. The standard InChI is InChI=1S/C9H8N2OS/c13-6-10-5-9-11-7-3-1-2-4-8(7)12-9/h1-4,6H,5H2,(H,10,13). The molecular weight excluding hydrogens is 184 g/mol. The molecule has 4 heteroatoms. The fourth-order valence-corrected chi connectivity index (χ4v) is 1.21. The van der Waals surface area contributed by atoms with E-state index in [4.69, 9.17) is 4.42 Å². The summed E-state index contributed by atoms with van der Waals surface area (Å²) in [5.74, 6) is 0.655. The second kappa shape index (κ2) is 3.53. The zero-order valence-electron chi connectivity index (χ0n) is 6.86. The predicted molar refractivity (Wildman–Crippen MR) is 54.5 cm³/mol. The summed E-state index contributed by atoms with van der Waals surface area (Å²) in [5, 5.41) is 2.86. The number of oxazole rings is 1. The highest BCUT2D eigenvalue weighted by Crippen LogP contribution is 2.13. The number of nitrogens with zero attached hydrogens (tertiary/aromatic N) is 1. The smallest absolute Gasteiger partial charge is 0.214 e. The zero-order valence-corrected chi connectivity index (χ0v) is 7.67. The zero-order chi connectivity index (χ0) is 9.10. The maximum atomic E-state index is 5.43. The van der Waals surface area contributed by atoms with Crippen LogP contribution < -0.4 is 5.32 Å². The molecule has 0 spiro atoms. The highest BCUT2D eigenvalue weighted by molar-refractivity contribution is 7.78. The molecule has 0 saturated heterocycles. The van der Waals surface area contributed by atoms with Crippen molar-refractivity contribution in [3.05, 3.63) is 30.2 Å². The minimum Gasteiger partial charge on any atom is -0.439 e. The molecule has 13 heavy (non-hydrogen) atoms. The Morgan fingerprint density at radius 3 is 3.08 bits per heavy atom. The third kappa shape index (κ3) is 1.67. The third-order valence-corrected chi connectivity index (χ3v) is 1.84. The Labute approximate surface area is 80.8 Å². The number of para-hydroxylation sites is 2. The minimum atomic E-state index is 0.540. The van der Waals surface area contributed by atoms with Crippen molar-refractivity contribution in [1.82, 2.24) is 10.3 Å². The maximum Gasteiger partial charge on any atom is 0.214 e. The van der Waals surface area contributed by atoms with Gasteiger partial charge in [0, 0.05) is 0 Å². The molecule has 0 amide bonds. The summed E-state index contributed by atoms with van der Waals surface area (Å²) in [6, 6.07) is 7.66. The Kier molecular flexibility index (Phi) is 2.23. The van der Waals surface area contributed by atoms with Gasteiger partial charge in [-0.2, -0.15) is 0 Å². The van der Waals surface area contributed by atoms with E-state index in [1.165, 1.54) is 5.49 Å². The van der Waals surface area contributed by atoms with Crippen molar-refractivity contribution in [2.45, 2.75) is 6.54 Å². The molecule has 1 heterocycles. The SMILES string of the molecule is S=CNCc1nc2ccccc2o1. The van der Waals surface area contributed by atoms with E-state index in [1.54, 1.807) is 0 Å². The number of thiocarbonyl (C=S) groups is 1. The summed E-state index contributed by atoms with van der Waals surface area (Å²) in [5.41, 5.74) is 3.14. The summed E-state index contributed by atoms with van der Waals surface area (Å²) in [7, 11) is 0. The number of benzene rings is 1. The lowest BCUT2D eigenvalue weighted by Crippen LogP contribution is -2.08. The Balaban J connectivity index is 2.32. The molecule has 0 unspecified atom stereocenters. The van der Waals surface area contributed by atoms with E-state index in [2.05, 4.69) is 22.5 Å². The molecule has 66 valence electrons. The second-order valence-electron chi connectivity index (χ2n) is 2.57. The molecule has 1 N–H and O–H groups in total. The van der Waals surface area contributed by atoms with Crippen LogP contribution in [0.25, 0.3) is 11.1 Å². The Hall–Kier alpha value is -1.42. The van der Waals surface area contributed by atoms with Crippen LogP contribution in [0.5, 0.6) is 0 Å². The summed E-state index contributed by atoms with van der Waals surface area (Å²) in [6.45, 7) is 0.540. The van der Waals surface area contributed by atoms with E-state index in [9.17, 15) is 0 Å². The van der Waals surface area contributed by atoms with Gasteiger partial charge in [-0.15, -0.1) is 0 Å². The normalized spacial score (nSPS) is 10.2. The lowest BCUT2D eigenvalue weighted by atomic mass is 10.3. The number of rotatable bonds is 3. The summed E-state index contributed by atoms with van der Waals surface area (Å²) < 4.78 is 5.43. The van der Waals surface area contributed by atoms with Gasteiger partial charge in [0.15, 0.2) is 5.58 Å². The van der Waals surface area contributed by atoms with E-state index in [-0.39, 0.29) is 0 Å². The molecule has 0 aliphatic carbocycles. The highest BCUT2D eigenvalue weighted by Gasteiger charge is 2.02. The second-order valence-corrected chi connectivity index (χ2v) is 2.81. The van der Waals surface area contributed by atoms with Crippen LogP contribution in [0, 0.1) is 0 Å². The Morgan fingerprint density at radius 1 is 1.46 bits per heavy atom. The van der Waals surface area contributed by atoms with Gasteiger partial charge in [-0.05, 0) is 12.1 Å². The number of aromatic nitrogens is 1. The molecule has 0 saturated carbocycles. The van der Waals surface area contributed by atoms with E-state index < -0.39 is 0 Å². The van der Waals surface area contributed by atoms with E-state index in [0.717, 1.165) is 11.1 Å². The summed E-state index contributed by atoms with van der Waals surface area (Å²) >= 11 is 4.63. The van der Waals surface area contributed by atoms with E-state index >= 15 is 0 Å². The lowest BCUT2D eigenvalue weighted by Gasteiger charge is -1.90. The van der Waals surface area contributed by atoms with Gasteiger partial charge < -0.3 is 9.73 Å². The van der Waals surface area contributed by atoms with Crippen molar-refractivity contribution in [2.24, 2.45) is 0 Å². The first-order valence-electron chi connectivity index (χ1n) is 3.91. The van der Waals surface area contributed by atoms with Gasteiger partial charge in [-0.3, -0.25) is 0 Å². The highest BCUT2D eigenvalue weighted by atomic mass is 32.1. The first kappa shape index (κ1) is 8.19. The van der Waals surface area contributed by atoms with Crippen LogP contribution in [0.2, 0.25) is 0 Å². The fraction of sp³-hybridized carbons (Fsp3) is 0.111. The minimum absolute atomic E-state index is 0.540. The molecule has 2 rings (SSSR count). The molecular formula is C9H8N2OS. The van der Waals surface area contributed by atoms with Gasteiger partial charge in [0.1, 0.15) is 5.52 Å². The number of fused-ring (bicyclic) bond motifs is 1. The Bertz CT molecular complexity index is 391. The van der Waals surface area contributed by atoms with Crippen molar-refractivity contribution in [2.75, 3.05) is 0 Å². The van der Waals surface area contributed by atoms with Crippen molar-refractivity contribution in [1.29, 1.82) is 0 Å². The van der Waals surface area contributed by atoms with Crippen LogP contribution in [0.15, 0.2) is 28.7 Å². The van der Waals surface area contributed by atoms with Gasteiger partial charge in [0.05, 0.1) is 12.0 Å². The molecule has 0 fully saturated rings. The van der Waals surface area contributed by atoms with E-state index in [0.29, 0.717) is 12.4 Å². The molecule has 1 aromatic heterocycles. The molecule has 0 bridgehead atoms. The molecule has 0 radical (unpaired) electrons. The van der Waals surface area contributed by atoms with Crippen LogP contribution >= 0.6 is 12.2 Å². The first-order chi connectivity index (χ1) is 6.40. The van der Waals surface area contributed by atoms with Crippen LogP contribution in [0.1, 0.15) is 5.89 Å². The summed E-state index contributed by atoms with van der Waals surface area (Å²) in [4.78, 5) is 4.25. The molecule has 2 aromatic rings. The molecule has 0 aliphatic heterocycles. The largest absolute Gasteiger partial charge is 0.439 e. The quantitative estimate of drug-likeness (QED) is 0.753. The summed E-state index contributed by atoms with van der Waals surface area (Å²) in [6.07, 6.45) is 0. The third-order valence-electron chi connectivity index (χ3n) is 1.67. The van der Waals surface area contributed by atoms with Crippen LogP contribution in [-0.2, 0) is 6.54 Å². The van der Waals surface area contributed by atoms with Crippen molar-refractivity contribution < 1.29 is 4.42 Å². The molecule has 3 nitrogen and oxygen atoms in total. The van der Waals surface area contributed by atoms with Gasteiger partial charge in [-0.25, -0.2) is 4.98 Å². The van der Waals surface area contributed by atoms with Gasteiger partial charge in [-0.1, -0.05) is 24.4 Å². The van der Waals surface area contributed by atoms with Crippen molar-refractivity contribution in [3.63, 3.8) is 0 Å². The number of hydrogen-bond donors (Lipinski definition) is 1. The molecule has 0 atom stereocenters. The van der Waals surface area contributed by atoms with Gasteiger partial charge in [0.2, 0.25) is 5.89 Å². The van der Waals surface area contributed by atoms with Gasteiger partial charge in [0.25, 0.3) is 0 Å². The molecule has 1 aromatic carbocycles. The first-order valence-corrected chi connectivity index (χ1v) is 4.39. The van der Waals surface area contributed by atoms with Crippen molar-refractivity contribution >= 4 is 28.8 Å². The average molecular weight is 192 g/mol. The predicted octanol–water partition coefficient (Wildman–Crippen LogP) is 1.87. The maximum absolute atomic E-state index is 5.43. The van der Waals surface area contributed by atoms with E-state index in [1.807, 2.05) is 24.3 Å². The van der Waals surface area contributed by atoms with Crippen LogP contribution in [0.3, 0.4) is 0 Å². The van der Waals surface area contributed by atoms with Crippen molar-refractivity contribution in [3.8, 4) is 0 Å². The van der Waals surface area contributed by atoms with Gasteiger partial charge >= 0.3 is 0 Å². The number of hydrogen-bond acceptors (Lipinski definition) is 3. The Morgan fingerprint density at radius 2 is 2.31 bits per heavy atom. The lowest BCUT2D eigenvalue weighted by molar-refractivity contribution is 0.523. The van der Waals surface area contributed by atoms with Crippen LogP contribution in [-0.4, -0.2) is 10.5 Å². The van der Waals surface area contributed by atoms with Crippen LogP contribution in [0.4, 0.5) is 0 Å². The fourth-order valence-electron chi connectivity index (χ4n) is 1.12. The monoisotopic (exact) mass is 192 g/mol. The number of nitrogens with one attached hydrogen (secondary N) is 1.